The van der Waals surface area contributed by atoms with E-state index in [1.807, 2.05) is 16.7 Å². The van der Waals surface area contributed by atoms with Crippen LogP contribution in [0, 0.1) is 12.8 Å². The maximum atomic E-state index is 12.1. The average Bonchev–Trinajstić information content (AvgIpc) is 3.49. The maximum absolute atomic E-state index is 12.1. The molecule has 1 amide bonds. The summed E-state index contributed by atoms with van der Waals surface area (Å²) >= 11 is 14.3. The minimum absolute atomic E-state index is 0.0610. The Morgan fingerprint density at radius 3 is 2.76 bits per heavy atom. The Morgan fingerprint density at radius 1 is 1.21 bits per heavy atom. The third kappa shape index (κ3) is 4.77. The van der Waals surface area contributed by atoms with Crippen molar-refractivity contribution < 1.29 is 4.79 Å². The number of thioether (sulfide) groups is 1. The number of nitrogens with zero attached hydrogens (tertiary/aromatic N) is 3. The van der Waals surface area contributed by atoms with Gasteiger partial charge in [-0.1, -0.05) is 59.2 Å². The molecule has 1 aromatic heterocycles. The molecule has 29 heavy (non-hydrogen) atoms. The molecule has 1 saturated carbocycles. The molecule has 0 unspecified atom stereocenters. The monoisotopic (exact) mass is 446 g/mol. The number of benzene rings is 2. The van der Waals surface area contributed by atoms with Crippen molar-refractivity contribution >= 4 is 40.9 Å². The van der Waals surface area contributed by atoms with Crippen LogP contribution >= 0.6 is 35.0 Å². The van der Waals surface area contributed by atoms with E-state index in [9.17, 15) is 4.79 Å². The molecule has 1 aliphatic rings. The molecule has 4 rings (SSSR count). The summed E-state index contributed by atoms with van der Waals surface area (Å²) in [5, 5.41) is 13.5. The zero-order valence-corrected chi connectivity index (χ0v) is 18.2. The van der Waals surface area contributed by atoms with E-state index < -0.39 is 0 Å². The highest BCUT2D eigenvalue weighted by Gasteiger charge is 2.29. The van der Waals surface area contributed by atoms with Gasteiger partial charge in [-0.2, -0.15) is 0 Å². The smallest absolute Gasteiger partial charge is 0.223 e. The van der Waals surface area contributed by atoms with E-state index in [2.05, 4.69) is 34.6 Å². The van der Waals surface area contributed by atoms with Crippen LogP contribution in [-0.2, 0) is 17.1 Å². The molecule has 2 aromatic carbocycles. The van der Waals surface area contributed by atoms with Gasteiger partial charge in [-0.25, -0.2) is 0 Å². The second-order valence-corrected chi connectivity index (χ2v) is 8.82. The fourth-order valence-electron chi connectivity index (χ4n) is 2.98. The van der Waals surface area contributed by atoms with E-state index in [4.69, 9.17) is 23.2 Å². The molecule has 1 N–H and O–H groups in total. The van der Waals surface area contributed by atoms with Crippen molar-refractivity contribution in [1.82, 2.24) is 20.1 Å². The number of hydrogen-bond donors (Lipinski definition) is 1. The van der Waals surface area contributed by atoms with Gasteiger partial charge in [0, 0.05) is 16.7 Å². The van der Waals surface area contributed by atoms with Crippen molar-refractivity contribution in [2.75, 3.05) is 0 Å². The number of aromatic nitrogens is 3. The van der Waals surface area contributed by atoms with Gasteiger partial charge in [-0.05, 0) is 49.1 Å². The van der Waals surface area contributed by atoms with Crippen LogP contribution in [0.5, 0.6) is 0 Å². The zero-order valence-electron chi connectivity index (χ0n) is 15.9. The molecule has 1 fully saturated rings. The van der Waals surface area contributed by atoms with Gasteiger partial charge in [0.05, 0.1) is 17.3 Å². The van der Waals surface area contributed by atoms with Gasteiger partial charge in [0.2, 0.25) is 5.91 Å². The SMILES string of the molecule is Cc1ccccc1CSc1nnc(CNC(=O)C2CC2)n1-c1cc(Cl)ccc1Cl. The number of amides is 1. The van der Waals surface area contributed by atoms with E-state index in [0.717, 1.165) is 18.6 Å². The van der Waals surface area contributed by atoms with Crippen LogP contribution in [0.4, 0.5) is 0 Å². The quantitative estimate of drug-likeness (QED) is 0.506. The molecule has 1 aliphatic carbocycles. The van der Waals surface area contributed by atoms with Crippen LogP contribution in [0.1, 0.15) is 29.8 Å². The third-order valence-corrected chi connectivity index (χ3v) is 6.37. The maximum Gasteiger partial charge on any atom is 0.223 e. The van der Waals surface area contributed by atoms with Crippen LogP contribution in [0.3, 0.4) is 0 Å². The highest BCUT2D eigenvalue weighted by atomic mass is 35.5. The second kappa shape index (κ2) is 8.78. The predicted molar refractivity (Wildman–Crippen MR) is 117 cm³/mol. The van der Waals surface area contributed by atoms with Gasteiger partial charge in [0.25, 0.3) is 0 Å². The van der Waals surface area contributed by atoms with Crippen LogP contribution in [-0.4, -0.2) is 20.7 Å². The summed E-state index contributed by atoms with van der Waals surface area (Å²) in [6.45, 7) is 2.38. The summed E-state index contributed by atoms with van der Waals surface area (Å²) in [7, 11) is 0. The normalized spacial score (nSPS) is 13.5. The van der Waals surface area contributed by atoms with E-state index >= 15 is 0 Å². The highest BCUT2D eigenvalue weighted by molar-refractivity contribution is 7.98. The Labute approximate surface area is 183 Å². The Hall–Kier alpha value is -2.02. The first-order valence-electron chi connectivity index (χ1n) is 9.37. The first-order chi connectivity index (χ1) is 14.0. The Morgan fingerprint density at radius 2 is 2.00 bits per heavy atom. The lowest BCUT2D eigenvalue weighted by Crippen LogP contribution is -2.25. The second-order valence-electron chi connectivity index (χ2n) is 7.04. The zero-order chi connectivity index (χ0) is 20.4. The number of carbonyl (C=O) groups excluding carboxylic acids is 1. The van der Waals surface area contributed by atoms with Crippen LogP contribution in [0.25, 0.3) is 5.69 Å². The number of hydrogen-bond acceptors (Lipinski definition) is 4. The molecule has 0 saturated heterocycles. The molecule has 0 atom stereocenters. The highest BCUT2D eigenvalue weighted by Crippen LogP contribution is 2.32. The van der Waals surface area contributed by atoms with E-state index in [1.165, 1.54) is 11.1 Å². The van der Waals surface area contributed by atoms with Crippen molar-refractivity contribution in [2.24, 2.45) is 5.92 Å². The number of halogens is 2. The average molecular weight is 447 g/mol. The lowest BCUT2D eigenvalue weighted by molar-refractivity contribution is -0.122. The summed E-state index contributed by atoms with van der Waals surface area (Å²) in [6.07, 6.45) is 1.91. The van der Waals surface area contributed by atoms with Crippen molar-refractivity contribution in [3.8, 4) is 5.69 Å². The summed E-state index contributed by atoms with van der Waals surface area (Å²) in [5.41, 5.74) is 3.16. The first kappa shape index (κ1) is 20.3. The molecule has 8 heteroatoms. The molecule has 0 aliphatic heterocycles. The number of aryl methyl sites for hydroxylation is 1. The lowest BCUT2D eigenvalue weighted by Gasteiger charge is -2.13. The van der Waals surface area contributed by atoms with Gasteiger partial charge < -0.3 is 5.32 Å². The fourth-order valence-corrected chi connectivity index (χ4v) is 4.39. The minimum atomic E-state index is 0.0610. The van der Waals surface area contributed by atoms with Crippen molar-refractivity contribution in [3.05, 3.63) is 69.5 Å². The molecular weight excluding hydrogens is 427 g/mol. The lowest BCUT2D eigenvalue weighted by atomic mass is 10.1. The summed E-state index contributed by atoms with van der Waals surface area (Å²) in [6, 6.07) is 13.5. The molecule has 5 nitrogen and oxygen atoms in total. The van der Waals surface area contributed by atoms with Gasteiger partial charge in [-0.15, -0.1) is 10.2 Å². The van der Waals surface area contributed by atoms with Crippen molar-refractivity contribution in [1.29, 1.82) is 0 Å². The molecule has 0 radical (unpaired) electrons. The molecule has 150 valence electrons. The molecule has 3 aromatic rings. The third-order valence-electron chi connectivity index (χ3n) is 4.84. The van der Waals surface area contributed by atoms with E-state index in [1.54, 1.807) is 30.0 Å². The van der Waals surface area contributed by atoms with Gasteiger partial charge in [0.15, 0.2) is 11.0 Å². The van der Waals surface area contributed by atoms with Crippen molar-refractivity contribution in [2.45, 2.75) is 37.2 Å². The minimum Gasteiger partial charge on any atom is -0.349 e. The largest absolute Gasteiger partial charge is 0.349 e. The van der Waals surface area contributed by atoms with Gasteiger partial charge in [-0.3, -0.25) is 9.36 Å². The van der Waals surface area contributed by atoms with Gasteiger partial charge >= 0.3 is 0 Å². The predicted octanol–water partition coefficient (Wildman–Crippen LogP) is 5.20. The Balaban J connectivity index is 1.64. The summed E-state index contributed by atoms with van der Waals surface area (Å²) in [5.74, 6) is 1.56. The van der Waals surface area contributed by atoms with E-state index in [0.29, 0.717) is 26.7 Å². The summed E-state index contributed by atoms with van der Waals surface area (Å²) in [4.78, 5) is 12.1. The van der Waals surface area contributed by atoms with Gasteiger partial charge in [0.1, 0.15) is 0 Å². The van der Waals surface area contributed by atoms with Crippen LogP contribution in [0.2, 0.25) is 10.0 Å². The number of carbonyl (C=O) groups is 1. The molecule has 0 spiro atoms. The molecular formula is C21H20Cl2N4OS. The van der Waals surface area contributed by atoms with Crippen LogP contribution in [0.15, 0.2) is 47.6 Å². The van der Waals surface area contributed by atoms with Crippen molar-refractivity contribution in [3.63, 3.8) is 0 Å². The first-order valence-corrected chi connectivity index (χ1v) is 11.1. The molecule has 1 heterocycles. The number of nitrogens with one attached hydrogen (secondary N) is 1. The fraction of sp³-hybridized carbons (Fsp3) is 0.286. The van der Waals surface area contributed by atoms with E-state index in [-0.39, 0.29) is 18.4 Å². The van der Waals surface area contributed by atoms with Crippen LogP contribution < -0.4 is 5.32 Å². The number of rotatable bonds is 7. The Kier molecular flexibility index (Phi) is 6.13. The summed E-state index contributed by atoms with van der Waals surface area (Å²) < 4.78 is 1.88. The Bertz CT molecular complexity index is 1050. The standard InChI is InChI=1S/C21H20Cl2N4OS/c1-13-4-2-3-5-15(13)12-29-21-26-25-19(11-24-20(28)14-6-7-14)27(21)18-10-16(22)8-9-17(18)23/h2-5,8-10,14H,6-7,11-12H2,1H3,(H,24,28). The topological polar surface area (TPSA) is 59.8 Å². The molecule has 0 bridgehead atoms.